The minimum absolute atomic E-state index is 0.0236. The van der Waals surface area contributed by atoms with Gasteiger partial charge in [-0.1, -0.05) is 36.7 Å². The van der Waals surface area contributed by atoms with E-state index in [4.69, 9.17) is 0 Å². The van der Waals surface area contributed by atoms with Gasteiger partial charge in [-0.3, -0.25) is 9.59 Å². The van der Waals surface area contributed by atoms with Gasteiger partial charge in [0.15, 0.2) is 5.78 Å². The molecule has 0 aromatic carbocycles. The van der Waals surface area contributed by atoms with Crippen LogP contribution in [0.5, 0.6) is 0 Å². The average Bonchev–Trinajstić information content (AvgIpc) is 2.82. The van der Waals surface area contributed by atoms with Gasteiger partial charge in [0.1, 0.15) is 11.4 Å². The SMILES string of the molecule is CC1C[C@H]2[C@@H]3CCC4CC(O)CC[C@]4(C)[C@H]3C(=O)C[C@]2(C)[C@@]1(O)C(=O)CBr. The summed E-state index contributed by atoms with van der Waals surface area (Å²) in [4.78, 5) is 26.3. The fourth-order valence-corrected chi connectivity index (χ4v) is 8.51. The minimum Gasteiger partial charge on any atom is -0.393 e. The molecule has 4 saturated carbocycles. The zero-order chi connectivity index (χ0) is 19.8. The number of fused-ring (bicyclic) bond motifs is 5. The summed E-state index contributed by atoms with van der Waals surface area (Å²) >= 11 is 3.25. The summed E-state index contributed by atoms with van der Waals surface area (Å²) in [6, 6.07) is 0. The second-order valence-corrected chi connectivity index (χ2v) is 11.0. The molecule has 0 aliphatic heterocycles. The molecule has 0 radical (unpaired) electrons. The maximum Gasteiger partial charge on any atom is 0.175 e. The molecular formula is C22H33BrO4. The van der Waals surface area contributed by atoms with Crippen molar-refractivity contribution in [2.75, 3.05) is 5.33 Å². The van der Waals surface area contributed by atoms with Crippen LogP contribution in [0.4, 0.5) is 0 Å². The number of ketones is 2. The van der Waals surface area contributed by atoms with Crippen LogP contribution in [-0.4, -0.2) is 38.8 Å². The van der Waals surface area contributed by atoms with E-state index in [1.165, 1.54) is 0 Å². The Bertz CT molecular complexity index is 665. The highest BCUT2D eigenvalue weighted by Gasteiger charge is 2.70. The highest BCUT2D eigenvalue weighted by molar-refractivity contribution is 9.09. The van der Waals surface area contributed by atoms with Crippen LogP contribution in [0.2, 0.25) is 0 Å². The van der Waals surface area contributed by atoms with Crippen LogP contribution in [0.15, 0.2) is 0 Å². The molecule has 4 aliphatic rings. The predicted octanol–water partition coefficient (Wildman–Crippen LogP) is 3.51. The molecule has 4 fully saturated rings. The normalized spacial score (nSPS) is 54.8. The molecule has 0 aromatic heterocycles. The molecule has 9 atom stereocenters. The van der Waals surface area contributed by atoms with Crippen molar-refractivity contribution in [3.8, 4) is 0 Å². The second-order valence-electron chi connectivity index (χ2n) is 10.5. The summed E-state index contributed by atoms with van der Waals surface area (Å²) in [5.41, 5.74) is -2.11. The van der Waals surface area contributed by atoms with Crippen molar-refractivity contribution >= 4 is 27.5 Å². The largest absolute Gasteiger partial charge is 0.393 e. The number of halogens is 1. The van der Waals surface area contributed by atoms with E-state index >= 15 is 0 Å². The summed E-state index contributed by atoms with van der Waals surface area (Å²) in [6.07, 6.45) is 5.45. The smallest absolute Gasteiger partial charge is 0.175 e. The van der Waals surface area contributed by atoms with Gasteiger partial charge in [-0.05, 0) is 67.6 Å². The summed E-state index contributed by atoms with van der Waals surface area (Å²) < 4.78 is 0. The maximum atomic E-state index is 13.5. The average molecular weight is 441 g/mol. The fraction of sp³-hybridized carbons (Fsp3) is 0.909. The van der Waals surface area contributed by atoms with Gasteiger partial charge in [-0.2, -0.15) is 0 Å². The molecule has 0 spiro atoms. The molecule has 5 heteroatoms. The topological polar surface area (TPSA) is 74.6 Å². The van der Waals surface area contributed by atoms with Gasteiger partial charge in [0.2, 0.25) is 0 Å². The first-order valence-corrected chi connectivity index (χ1v) is 11.7. The Kier molecular flexibility index (Phi) is 4.72. The number of hydrogen-bond donors (Lipinski definition) is 2. The lowest BCUT2D eigenvalue weighted by Crippen LogP contribution is -2.62. The minimum atomic E-state index is -1.41. The molecule has 4 aliphatic carbocycles. The first-order valence-electron chi connectivity index (χ1n) is 10.6. The molecule has 4 nitrogen and oxygen atoms in total. The Morgan fingerprint density at radius 2 is 1.93 bits per heavy atom. The molecule has 2 N–H and O–H groups in total. The van der Waals surface area contributed by atoms with Crippen molar-refractivity contribution in [2.24, 2.45) is 40.4 Å². The van der Waals surface area contributed by atoms with Gasteiger partial charge in [0, 0.05) is 17.8 Å². The second kappa shape index (κ2) is 6.37. The van der Waals surface area contributed by atoms with Crippen LogP contribution < -0.4 is 0 Å². The van der Waals surface area contributed by atoms with Crippen LogP contribution in [0.3, 0.4) is 0 Å². The lowest BCUT2D eigenvalue weighted by atomic mass is 9.44. The monoisotopic (exact) mass is 440 g/mol. The number of aliphatic hydroxyl groups is 2. The molecule has 0 amide bonds. The third kappa shape index (κ3) is 2.46. The van der Waals surface area contributed by atoms with Crippen LogP contribution in [0.25, 0.3) is 0 Å². The lowest BCUT2D eigenvalue weighted by Gasteiger charge is -2.60. The van der Waals surface area contributed by atoms with Crippen LogP contribution >= 0.6 is 15.9 Å². The Hall–Kier alpha value is -0.260. The Labute approximate surface area is 170 Å². The highest BCUT2D eigenvalue weighted by atomic mass is 79.9. The number of carbonyl (C=O) groups excluding carboxylic acids is 2. The van der Waals surface area contributed by atoms with Crippen molar-refractivity contribution in [1.29, 1.82) is 0 Å². The Morgan fingerprint density at radius 3 is 2.59 bits per heavy atom. The molecule has 0 aromatic rings. The van der Waals surface area contributed by atoms with Crippen molar-refractivity contribution in [1.82, 2.24) is 0 Å². The predicted molar refractivity (Wildman–Crippen MR) is 106 cm³/mol. The van der Waals surface area contributed by atoms with Gasteiger partial charge in [0.05, 0.1) is 11.4 Å². The van der Waals surface area contributed by atoms with Crippen LogP contribution in [-0.2, 0) is 9.59 Å². The number of Topliss-reactive ketones (excluding diaryl/α,β-unsaturated/α-hetero) is 2. The molecule has 0 heterocycles. The zero-order valence-corrected chi connectivity index (χ0v) is 18.3. The first-order chi connectivity index (χ1) is 12.6. The summed E-state index contributed by atoms with van der Waals surface area (Å²) in [5, 5.41) is 21.8. The molecule has 0 bridgehead atoms. The van der Waals surface area contributed by atoms with E-state index in [1.807, 2.05) is 13.8 Å². The standard InChI is InChI=1S/C22H33BrO4/c1-12-8-16-15-5-4-13-9-14(24)6-7-20(13,2)19(15)17(25)10-21(16,3)22(12,27)18(26)11-23/h12-16,19,24,27H,4-11H2,1-3H3/t12?,13?,14?,15-,16-,19+,20-,21-,22-/m0/s1. The quantitative estimate of drug-likeness (QED) is 0.644. The van der Waals surface area contributed by atoms with Crippen LogP contribution in [0, 0.1) is 40.4 Å². The maximum absolute atomic E-state index is 13.5. The van der Waals surface area contributed by atoms with E-state index in [2.05, 4.69) is 22.9 Å². The number of aliphatic hydroxyl groups excluding tert-OH is 1. The third-order valence-electron chi connectivity index (χ3n) is 9.45. The molecule has 3 unspecified atom stereocenters. The van der Waals surface area contributed by atoms with Crippen molar-refractivity contribution in [2.45, 2.75) is 77.4 Å². The summed E-state index contributed by atoms with van der Waals surface area (Å²) in [6.45, 7) is 6.25. The molecule has 152 valence electrons. The van der Waals surface area contributed by atoms with Gasteiger partial charge in [-0.15, -0.1) is 0 Å². The van der Waals surface area contributed by atoms with E-state index in [1.54, 1.807) is 0 Å². The molecule has 4 rings (SSSR count). The molecule has 0 saturated heterocycles. The number of rotatable bonds is 2. The summed E-state index contributed by atoms with van der Waals surface area (Å²) in [5.74, 6) is 0.861. The fourth-order valence-electron chi connectivity index (χ4n) is 8.08. The number of alkyl halides is 1. The first kappa shape index (κ1) is 20.0. The van der Waals surface area contributed by atoms with Gasteiger partial charge in [-0.25, -0.2) is 0 Å². The van der Waals surface area contributed by atoms with E-state index in [9.17, 15) is 19.8 Å². The number of hydrogen-bond acceptors (Lipinski definition) is 4. The van der Waals surface area contributed by atoms with E-state index in [0.717, 1.165) is 38.5 Å². The Morgan fingerprint density at radius 1 is 1.22 bits per heavy atom. The van der Waals surface area contributed by atoms with Gasteiger partial charge in [0.25, 0.3) is 0 Å². The van der Waals surface area contributed by atoms with Gasteiger partial charge < -0.3 is 10.2 Å². The van der Waals surface area contributed by atoms with Crippen LogP contribution in [0.1, 0.15) is 65.7 Å². The van der Waals surface area contributed by atoms with E-state index in [-0.39, 0.29) is 52.1 Å². The lowest BCUT2D eigenvalue weighted by molar-refractivity contribution is -0.180. The van der Waals surface area contributed by atoms with Crippen molar-refractivity contribution < 1.29 is 19.8 Å². The van der Waals surface area contributed by atoms with Crippen molar-refractivity contribution in [3.63, 3.8) is 0 Å². The van der Waals surface area contributed by atoms with Gasteiger partial charge >= 0.3 is 0 Å². The third-order valence-corrected chi connectivity index (χ3v) is 9.96. The highest BCUT2D eigenvalue weighted by Crippen LogP contribution is 2.68. The van der Waals surface area contributed by atoms with E-state index < -0.39 is 11.0 Å². The van der Waals surface area contributed by atoms with E-state index in [0.29, 0.717) is 12.3 Å². The number of carbonyl (C=O) groups is 2. The summed E-state index contributed by atoms with van der Waals surface area (Å²) in [7, 11) is 0. The van der Waals surface area contributed by atoms with Crippen molar-refractivity contribution in [3.05, 3.63) is 0 Å². The molecule has 27 heavy (non-hydrogen) atoms. The Balaban J connectivity index is 1.73. The zero-order valence-electron chi connectivity index (χ0n) is 16.7. The molecular weight excluding hydrogens is 408 g/mol.